The minimum atomic E-state index is -0.478. The largest absolute Gasteiger partial charge is 0.504 e. The number of benzene rings is 1. The molecule has 0 aliphatic carbocycles. The molecule has 1 heterocycles. The number of phenols is 1. The van der Waals surface area contributed by atoms with E-state index in [1.165, 1.54) is 25.5 Å². The van der Waals surface area contributed by atoms with Crippen LogP contribution in [0.3, 0.4) is 0 Å². The summed E-state index contributed by atoms with van der Waals surface area (Å²) in [5.41, 5.74) is 0.717. The van der Waals surface area contributed by atoms with E-state index in [2.05, 4.69) is 0 Å². The summed E-state index contributed by atoms with van der Waals surface area (Å²) < 4.78 is 15.0. The van der Waals surface area contributed by atoms with Crippen LogP contribution in [0.15, 0.2) is 47.1 Å². The summed E-state index contributed by atoms with van der Waals surface area (Å²) in [6.07, 6.45) is 4.39. The van der Waals surface area contributed by atoms with Crippen LogP contribution in [0.1, 0.15) is 11.3 Å². The van der Waals surface area contributed by atoms with E-state index in [0.29, 0.717) is 11.5 Å². The van der Waals surface area contributed by atoms with Crippen LogP contribution in [-0.4, -0.2) is 18.2 Å². The van der Waals surface area contributed by atoms with Crippen molar-refractivity contribution in [3.8, 4) is 11.5 Å². The highest BCUT2D eigenvalue weighted by atomic mass is 16.5. The maximum Gasteiger partial charge on any atom is 0.331 e. The number of furan rings is 1. The number of ether oxygens (including phenoxy) is 2. The van der Waals surface area contributed by atoms with Gasteiger partial charge in [-0.05, 0) is 35.9 Å². The highest BCUT2D eigenvalue weighted by molar-refractivity contribution is 5.87. The highest BCUT2D eigenvalue weighted by Crippen LogP contribution is 2.26. The van der Waals surface area contributed by atoms with Gasteiger partial charge in [0.05, 0.1) is 13.4 Å². The SMILES string of the molecule is COc1cc(/C=C/C(=O)OCc2ccco2)ccc1O. The Morgan fingerprint density at radius 3 is 2.95 bits per heavy atom. The average molecular weight is 274 g/mol. The molecule has 0 saturated carbocycles. The molecule has 1 N–H and O–H groups in total. The van der Waals surface area contributed by atoms with Gasteiger partial charge in [0.2, 0.25) is 0 Å². The van der Waals surface area contributed by atoms with Crippen molar-refractivity contribution >= 4 is 12.0 Å². The van der Waals surface area contributed by atoms with Gasteiger partial charge in [0.25, 0.3) is 0 Å². The van der Waals surface area contributed by atoms with Gasteiger partial charge >= 0.3 is 5.97 Å². The summed E-state index contributed by atoms with van der Waals surface area (Å²) in [6, 6.07) is 8.22. The van der Waals surface area contributed by atoms with Crippen molar-refractivity contribution in [2.24, 2.45) is 0 Å². The zero-order chi connectivity index (χ0) is 14.4. The predicted molar refractivity (Wildman–Crippen MR) is 72.2 cm³/mol. The summed E-state index contributed by atoms with van der Waals surface area (Å²) in [7, 11) is 1.46. The maximum atomic E-state index is 11.5. The molecule has 5 nitrogen and oxygen atoms in total. The molecule has 1 aromatic heterocycles. The van der Waals surface area contributed by atoms with E-state index < -0.39 is 5.97 Å². The molecule has 0 radical (unpaired) electrons. The molecule has 5 heteroatoms. The lowest BCUT2D eigenvalue weighted by atomic mass is 10.2. The maximum absolute atomic E-state index is 11.5. The van der Waals surface area contributed by atoms with Crippen LogP contribution in [0.4, 0.5) is 0 Å². The lowest BCUT2D eigenvalue weighted by molar-refractivity contribution is -0.139. The van der Waals surface area contributed by atoms with Crippen LogP contribution in [0.25, 0.3) is 6.08 Å². The van der Waals surface area contributed by atoms with Crippen molar-refractivity contribution in [1.82, 2.24) is 0 Å². The molecule has 0 aliphatic heterocycles. The Morgan fingerprint density at radius 1 is 1.40 bits per heavy atom. The molecule has 0 fully saturated rings. The number of phenolic OH excluding ortho intramolecular Hbond substituents is 1. The second-order valence-electron chi connectivity index (χ2n) is 3.95. The number of hydrogen-bond acceptors (Lipinski definition) is 5. The zero-order valence-electron chi connectivity index (χ0n) is 10.9. The van der Waals surface area contributed by atoms with E-state index in [1.54, 1.807) is 30.3 Å². The highest BCUT2D eigenvalue weighted by Gasteiger charge is 2.03. The van der Waals surface area contributed by atoms with Crippen molar-refractivity contribution in [2.45, 2.75) is 6.61 Å². The van der Waals surface area contributed by atoms with Crippen molar-refractivity contribution in [1.29, 1.82) is 0 Å². The van der Waals surface area contributed by atoms with Gasteiger partial charge in [0.1, 0.15) is 12.4 Å². The lowest BCUT2D eigenvalue weighted by Gasteiger charge is -2.03. The smallest absolute Gasteiger partial charge is 0.331 e. The predicted octanol–water partition coefficient (Wildman–Crippen LogP) is 2.75. The van der Waals surface area contributed by atoms with E-state index in [0.717, 1.165) is 5.56 Å². The van der Waals surface area contributed by atoms with E-state index in [1.807, 2.05) is 0 Å². The van der Waals surface area contributed by atoms with Crippen LogP contribution < -0.4 is 4.74 Å². The second kappa shape index (κ2) is 6.47. The Morgan fingerprint density at radius 2 is 2.25 bits per heavy atom. The van der Waals surface area contributed by atoms with Gasteiger partial charge in [-0.1, -0.05) is 6.07 Å². The Hall–Kier alpha value is -2.69. The summed E-state index contributed by atoms with van der Waals surface area (Å²) >= 11 is 0. The van der Waals surface area contributed by atoms with Crippen LogP contribution in [0, 0.1) is 0 Å². The first-order chi connectivity index (χ1) is 9.69. The summed E-state index contributed by atoms with van der Waals surface area (Å²) in [5, 5.41) is 9.45. The zero-order valence-corrected chi connectivity index (χ0v) is 10.9. The molecule has 0 amide bonds. The number of carbonyl (C=O) groups is 1. The first-order valence-electron chi connectivity index (χ1n) is 5.93. The Bertz CT molecular complexity index is 599. The van der Waals surface area contributed by atoms with Crippen molar-refractivity contribution in [3.63, 3.8) is 0 Å². The number of methoxy groups -OCH3 is 1. The van der Waals surface area contributed by atoms with Gasteiger partial charge in [0, 0.05) is 6.08 Å². The van der Waals surface area contributed by atoms with Crippen molar-refractivity contribution < 1.29 is 23.8 Å². The average Bonchev–Trinajstić information content (AvgIpc) is 2.97. The minimum absolute atomic E-state index is 0.0463. The van der Waals surface area contributed by atoms with Gasteiger partial charge in [-0.25, -0.2) is 4.79 Å². The number of hydrogen-bond donors (Lipinski definition) is 1. The molecule has 0 bridgehead atoms. The van der Waals surface area contributed by atoms with Crippen LogP contribution in [0.2, 0.25) is 0 Å². The Labute approximate surface area is 116 Å². The van der Waals surface area contributed by atoms with Gasteiger partial charge in [-0.15, -0.1) is 0 Å². The third kappa shape index (κ3) is 3.65. The van der Waals surface area contributed by atoms with Crippen molar-refractivity contribution in [2.75, 3.05) is 7.11 Å². The third-order valence-electron chi connectivity index (χ3n) is 2.55. The van der Waals surface area contributed by atoms with Crippen LogP contribution in [0.5, 0.6) is 11.5 Å². The monoisotopic (exact) mass is 274 g/mol. The van der Waals surface area contributed by atoms with Crippen LogP contribution in [-0.2, 0) is 16.1 Å². The molecule has 2 aromatic rings. The molecule has 104 valence electrons. The molecular formula is C15H14O5. The standard InChI is InChI=1S/C15H14O5/c1-18-14-9-11(4-6-13(14)16)5-7-15(17)20-10-12-3-2-8-19-12/h2-9,16H,10H2,1H3/b7-5+. The molecular weight excluding hydrogens is 260 g/mol. The normalized spacial score (nSPS) is 10.7. The molecule has 0 aliphatic rings. The van der Waals surface area contributed by atoms with E-state index in [-0.39, 0.29) is 12.4 Å². The minimum Gasteiger partial charge on any atom is -0.504 e. The summed E-state index contributed by atoms with van der Waals surface area (Å²) in [6.45, 7) is 0.0923. The molecule has 2 rings (SSSR count). The molecule has 0 saturated heterocycles. The fraction of sp³-hybridized carbons (Fsp3) is 0.133. The molecule has 0 unspecified atom stereocenters. The third-order valence-corrected chi connectivity index (χ3v) is 2.55. The summed E-state index contributed by atoms with van der Waals surface area (Å²) in [5.74, 6) is 0.493. The Kier molecular flexibility index (Phi) is 4.44. The fourth-order valence-corrected chi connectivity index (χ4v) is 1.55. The van der Waals surface area contributed by atoms with E-state index in [9.17, 15) is 9.90 Å². The lowest BCUT2D eigenvalue weighted by Crippen LogP contribution is -1.99. The molecule has 0 spiro atoms. The first kappa shape index (κ1) is 13.7. The molecule has 0 atom stereocenters. The second-order valence-corrected chi connectivity index (χ2v) is 3.95. The van der Waals surface area contributed by atoms with Gasteiger partial charge in [-0.3, -0.25) is 0 Å². The van der Waals surface area contributed by atoms with E-state index in [4.69, 9.17) is 13.9 Å². The number of rotatable bonds is 5. The van der Waals surface area contributed by atoms with Crippen LogP contribution >= 0.6 is 0 Å². The Balaban J connectivity index is 1.93. The summed E-state index contributed by atoms with van der Waals surface area (Å²) in [4.78, 5) is 11.5. The van der Waals surface area contributed by atoms with Gasteiger partial charge < -0.3 is 19.0 Å². The van der Waals surface area contributed by atoms with E-state index >= 15 is 0 Å². The quantitative estimate of drug-likeness (QED) is 0.670. The number of esters is 1. The van der Waals surface area contributed by atoms with Gasteiger partial charge in [0.15, 0.2) is 11.5 Å². The molecule has 20 heavy (non-hydrogen) atoms. The fourth-order valence-electron chi connectivity index (χ4n) is 1.55. The molecule has 1 aromatic carbocycles. The number of aromatic hydroxyl groups is 1. The number of carbonyl (C=O) groups excluding carboxylic acids is 1. The van der Waals surface area contributed by atoms with Crippen molar-refractivity contribution in [3.05, 3.63) is 54.0 Å². The van der Waals surface area contributed by atoms with Gasteiger partial charge in [-0.2, -0.15) is 0 Å². The first-order valence-corrected chi connectivity index (χ1v) is 5.93. The topological polar surface area (TPSA) is 68.9 Å².